The molecule has 0 spiro atoms. The van der Waals surface area contributed by atoms with Crippen LogP contribution in [0.3, 0.4) is 0 Å². The van der Waals surface area contributed by atoms with Crippen molar-refractivity contribution in [3.63, 3.8) is 0 Å². The first-order valence-corrected chi connectivity index (χ1v) is 8.61. The van der Waals surface area contributed by atoms with Crippen LogP contribution in [0.2, 0.25) is 0 Å². The van der Waals surface area contributed by atoms with E-state index in [0.717, 1.165) is 24.9 Å². The van der Waals surface area contributed by atoms with Gasteiger partial charge in [0.1, 0.15) is 0 Å². The number of nitrogens with one attached hydrogen (secondary N) is 2. The Morgan fingerprint density at radius 2 is 1.81 bits per heavy atom. The molecule has 0 radical (unpaired) electrons. The van der Waals surface area contributed by atoms with Crippen LogP contribution >= 0.6 is 12.4 Å². The summed E-state index contributed by atoms with van der Waals surface area (Å²) in [6.45, 7) is 8.02. The van der Waals surface area contributed by atoms with Crippen LogP contribution in [0.25, 0.3) is 0 Å². The Hall–Kier alpha value is -0.620. The average molecular weight is 333 g/mol. The predicted molar refractivity (Wildman–Crippen MR) is 88.6 cm³/mol. The molecule has 120 valence electrons. The van der Waals surface area contributed by atoms with Crippen molar-refractivity contribution in [2.24, 2.45) is 0 Å². The molecule has 1 aliphatic rings. The first-order valence-electron chi connectivity index (χ1n) is 7.13. The zero-order valence-corrected chi connectivity index (χ0v) is 14.5. The van der Waals surface area contributed by atoms with Gasteiger partial charge in [-0.3, -0.25) is 0 Å². The van der Waals surface area contributed by atoms with Crippen LogP contribution in [0.1, 0.15) is 39.2 Å². The second-order valence-electron chi connectivity index (χ2n) is 6.44. The van der Waals surface area contributed by atoms with Gasteiger partial charge in [-0.2, -0.15) is 0 Å². The second-order valence-corrected chi connectivity index (χ2v) is 8.15. The van der Waals surface area contributed by atoms with E-state index in [1.54, 1.807) is 12.1 Å². The van der Waals surface area contributed by atoms with E-state index < -0.39 is 10.0 Å². The van der Waals surface area contributed by atoms with Gasteiger partial charge in [0.15, 0.2) is 0 Å². The molecule has 1 saturated heterocycles. The van der Waals surface area contributed by atoms with Crippen LogP contribution in [-0.2, 0) is 15.4 Å². The summed E-state index contributed by atoms with van der Waals surface area (Å²) in [5.74, 6) is 0. The Bertz CT molecular complexity index is 544. The quantitative estimate of drug-likeness (QED) is 0.893. The number of halogens is 1. The monoisotopic (exact) mass is 332 g/mol. The minimum absolute atomic E-state index is 0. The van der Waals surface area contributed by atoms with Crippen LogP contribution in [-0.4, -0.2) is 27.5 Å². The van der Waals surface area contributed by atoms with Gasteiger partial charge in [-0.05, 0) is 42.5 Å². The minimum atomic E-state index is -3.41. The van der Waals surface area contributed by atoms with Gasteiger partial charge in [0.05, 0.1) is 4.90 Å². The summed E-state index contributed by atoms with van der Waals surface area (Å²) in [4.78, 5) is 0.344. The van der Waals surface area contributed by atoms with E-state index in [9.17, 15) is 8.42 Å². The Labute approximate surface area is 134 Å². The largest absolute Gasteiger partial charge is 0.315 e. The molecule has 0 aliphatic carbocycles. The number of piperidine rings is 1. The Morgan fingerprint density at radius 3 is 2.29 bits per heavy atom. The molecule has 0 saturated carbocycles. The number of hydrogen-bond acceptors (Lipinski definition) is 3. The highest BCUT2D eigenvalue weighted by Gasteiger charge is 2.22. The van der Waals surface area contributed by atoms with E-state index in [1.165, 1.54) is 0 Å². The standard InChI is InChI=1S/C15H24N2O2S.ClH/c1-15(2,3)12-6-8-14(9-7-12)20(18,19)17-13-5-4-10-16-11-13;/h6-9,13,16-17H,4-5,10-11H2,1-3H3;1H. The van der Waals surface area contributed by atoms with Gasteiger partial charge in [-0.25, -0.2) is 13.1 Å². The summed E-state index contributed by atoms with van der Waals surface area (Å²) >= 11 is 0. The van der Waals surface area contributed by atoms with Gasteiger partial charge in [0, 0.05) is 12.6 Å². The molecule has 0 bridgehead atoms. The van der Waals surface area contributed by atoms with Crippen molar-refractivity contribution >= 4 is 22.4 Å². The van der Waals surface area contributed by atoms with Gasteiger partial charge in [-0.1, -0.05) is 32.9 Å². The molecule has 1 fully saturated rings. The van der Waals surface area contributed by atoms with Gasteiger partial charge < -0.3 is 5.32 Å². The summed E-state index contributed by atoms with van der Waals surface area (Å²) in [5, 5.41) is 3.21. The van der Waals surface area contributed by atoms with Crippen molar-refractivity contribution in [3.05, 3.63) is 29.8 Å². The van der Waals surface area contributed by atoms with Crippen LogP contribution in [0.5, 0.6) is 0 Å². The summed E-state index contributed by atoms with van der Waals surface area (Å²) in [7, 11) is -3.41. The zero-order valence-electron chi connectivity index (χ0n) is 12.8. The van der Waals surface area contributed by atoms with Gasteiger partial charge in [0.25, 0.3) is 0 Å². The molecule has 2 rings (SSSR count). The lowest BCUT2D eigenvalue weighted by atomic mass is 9.87. The highest BCUT2D eigenvalue weighted by Crippen LogP contribution is 2.23. The Kier molecular flexibility index (Phi) is 6.23. The highest BCUT2D eigenvalue weighted by molar-refractivity contribution is 7.89. The van der Waals surface area contributed by atoms with Crippen molar-refractivity contribution in [1.82, 2.24) is 10.0 Å². The van der Waals surface area contributed by atoms with Crippen molar-refractivity contribution in [3.8, 4) is 0 Å². The molecule has 1 heterocycles. The number of benzene rings is 1. The van der Waals surface area contributed by atoms with E-state index >= 15 is 0 Å². The van der Waals surface area contributed by atoms with Crippen molar-refractivity contribution in [2.75, 3.05) is 13.1 Å². The fourth-order valence-electron chi connectivity index (χ4n) is 2.37. The Balaban J connectivity index is 0.00000220. The topological polar surface area (TPSA) is 58.2 Å². The fourth-order valence-corrected chi connectivity index (χ4v) is 3.64. The highest BCUT2D eigenvalue weighted by atomic mass is 35.5. The molecule has 6 heteroatoms. The third-order valence-corrected chi connectivity index (χ3v) is 5.19. The van der Waals surface area contributed by atoms with E-state index in [4.69, 9.17) is 0 Å². The SMILES string of the molecule is CC(C)(C)c1ccc(S(=O)(=O)NC2CCCNC2)cc1.Cl. The summed E-state index contributed by atoms with van der Waals surface area (Å²) in [5.41, 5.74) is 1.17. The molecule has 1 unspecified atom stereocenters. The normalized spacial score (nSPS) is 19.9. The molecule has 1 aromatic rings. The molecule has 1 aliphatic heterocycles. The second kappa shape index (κ2) is 7.09. The molecule has 4 nitrogen and oxygen atoms in total. The van der Waals surface area contributed by atoms with Crippen LogP contribution in [0, 0.1) is 0 Å². The third kappa shape index (κ3) is 4.95. The molecule has 2 N–H and O–H groups in total. The number of sulfonamides is 1. The lowest BCUT2D eigenvalue weighted by Gasteiger charge is -2.24. The van der Waals surface area contributed by atoms with Gasteiger partial charge in [-0.15, -0.1) is 12.4 Å². The van der Waals surface area contributed by atoms with Gasteiger partial charge >= 0.3 is 0 Å². The molecule has 0 aromatic heterocycles. The minimum Gasteiger partial charge on any atom is -0.315 e. The molecule has 21 heavy (non-hydrogen) atoms. The lowest BCUT2D eigenvalue weighted by Crippen LogP contribution is -2.45. The summed E-state index contributed by atoms with van der Waals surface area (Å²) < 4.78 is 27.4. The van der Waals surface area contributed by atoms with E-state index in [-0.39, 0.29) is 23.9 Å². The number of rotatable bonds is 3. The first-order chi connectivity index (χ1) is 9.29. The molecule has 0 amide bonds. The summed E-state index contributed by atoms with van der Waals surface area (Å²) in [6, 6.07) is 7.18. The van der Waals surface area contributed by atoms with Crippen molar-refractivity contribution < 1.29 is 8.42 Å². The van der Waals surface area contributed by atoms with E-state index in [1.807, 2.05) is 12.1 Å². The van der Waals surface area contributed by atoms with Crippen molar-refractivity contribution in [2.45, 2.75) is 50.0 Å². The Morgan fingerprint density at radius 1 is 1.19 bits per heavy atom. The summed E-state index contributed by atoms with van der Waals surface area (Å²) in [6.07, 6.45) is 1.91. The van der Waals surface area contributed by atoms with Crippen LogP contribution < -0.4 is 10.0 Å². The molecular weight excluding hydrogens is 308 g/mol. The molecule has 1 atom stereocenters. The lowest BCUT2D eigenvalue weighted by molar-refractivity contribution is 0.428. The molecular formula is C15H25ClN2O2S. The maximum Gasteiger partial charge on any atom is 0.240 e. The number of hydrogen-bond donors (Lipinski definition) is 2. The first kappa shape index (κ1) is 18.4. The van der Waals surface area contributed by atoms with E-state index in [2.05, 4.69) is 30.8 Å². The average Bonchev–Trinajstić information content (AvgIpc) is 2.38. The van der Waals surface area contributed by atoms with Crippen LogP contribution in [0.15, 0.2) is 29.2 Å². The van der Waals surface area contributed by atoms with Crippen molar-refractivity contribution in [1.29, 1.82) is 0 Å². The predicted octanol–water partition coefficient (Wildman–Crippen LogP) is 2.44. The van der Waals surface area contributed by atoms with Gasteiger partial charge in [0.2, 0.25) is 10.0 Å². The molecule has 1 aromatic carbocycles. The smallest absolute Gasteiger partial charge is 0.240 e. The maximum absolute atomic E-state index is 12.3. The third-order valence-electron chi connectivity index (χ3n) is 3.65. The van der Waals surface area contributed by atoms with Crippen LogP contribution in [0.4, 0.5) is 0 Å². The zero-order chi connectivity index (χ0) is 14.8. The van der Waals surface area contributed by atoms with E-state index in [0.29, 0.717) is 11.4 Å². The maximum atomic E-state index is 12.3. The fraction of sp³-hybridized carbons (Fsp3) is 0.600.